The number of carbonyl (C=O) groups excluding carboxylic acids is 1. The number of aldehydes is 1. The quantitative estimate of drug-likeness (QED) is 0.528. The van der Waals surface area contributed by atoms with Gasteiger partial charge in [-0.3, -0.25) is 9.55 Å². The summed E-state index contributed by atoms with van der Waals surface area (Å²) in [5.41, 5.74) is 5.08. The fourth-order valence-corrected chi connectivity index (χ4v) is 3.43. The first-order chi connectivity index (χ1) is 13.6. The Bertz CT molecular complexity index is 964. The molecule has 0 aromatic carbocycles. The number of hydrogen-bond acceptors (Lipinski definition) is 6. The zero-order valence-electron chi connectivity index (χ0n) is 16.8. The Balaban J connectivity index is 2.05. The SMILES string of the molecule is CCC(CCn1c(OC)nc2c(-c3ccc(CC=O)nc3C)ccnc21)OC. The molecule has 0 aliphatic carbocycles. The van der Waals surface area contributed by atoms with Gasteiger partial charge in [0, 0.05) is 48.8 Å². The Kier molecular flexibility index (Phi) is 6.36. The minimum atomic E-state index is 0.183. The van der Waals surface area contributed by atoms with Crippen molar-refractivity contribution >= 4 is 17.5 Å². The van der Waals surface area contributed by atoms with Crippen LogP contribution in [0.25, 0.3) is 22.3 Å². The molecule has 0 spiro atoms. The fourth-order valence-electron chi connectivity index (χ4n) is 3.43. The topological polar surface area (TPSA) is 79.1 Å². The molecule has 0 fully saturated rings. The van der Waals surface area contributed by atoms with Gasteiger partial charge in [-0.2, -0.15) is 4.98 Å². The monoisotopic (exact) mass is 382 g/mol. The van der Waals surface area contributed by atoms with E-state index in [4.69, 9.17) is 14.5 Å². The summed E-state index contributed by atoms with van der Waals surface area (Å²) in [6.45, 7) is 4.75. The molecule has 0 saturated carbocycles. The third-order valence-electron chi connectivity index (χ3n) is 4.97. The van der Waals surface area contributed by atoms with E-state index in [0.29, 0.717) is 19.0 Å². The highest BCUT2D eigenvalue weighted by Crippen LogP contribution is 2.31. The molecule has 7 heteroatoms. The van der Waals surface area contributed by atoms with Crippen LogP contribution in [0.3, 0.4) is 0 Å². The smallest absolute Gasteiger partial charge is 0.298 e. The van der Waals surface area contributed by atoms with Gasteiger partial charge in [-0.1, -0.05) is 13.0 Å². The van der Waals surface area contributed by atoms with Gasteiger partial charge < -0.3 is 14.3 Å². The van der Waals surface area contributed by atoms with Crippen LogP contribution in [0, 0.1) is 6.92 Å². The average Bonchev–Trinajstić information content (AvgIpc) is 3.07. The first-order valence-electron chi connectivity index (χ1n) is 9.45. The van der Waals surface area contributed by atoms with Crippen LogP contribution in [0.15, 0.2) is 24.4 Å². The van der Waals surface area contributed by atoms with E-state index in [0.717, 1.165) is 52.8 Å². The highest BCUT2D eigenvalue weighted by molar-refractivity contribution is 5.91. The summed E-state index contributed by atoms with van der Waals surface area (Å²) in [6, 6.07) is 6.33. The summed E-state index contributed by atoms with van der Waals surface area (Å²) in [7, 11) is 3.35. The molecule has 0 bridgehead atoms. The highest BCUT2D eigenvalue weighted by Gasteiger charge is 2.18. The van der Waals surface area contributed by atoms with Crippen molar-refractivity contribution in [3.8, 4) is 17.1 Å². The van der Waals surface area contributed by atoms with E-state index in [-0.39, 0.29) is 6.10 Å². The number of methoxy groups -OCH3 is 2. The molecular weight excluding hydrogens is 356 g/mol. The van der Waals surface area contributed by atoms with Gasteiger partial charge in [0.25, 0.3) is 6.01 Å². The second kappa shape index (κ2) is 8.93. The highest BCUT2D eigenvalue weighted by atomic mass is 16.5. The normalized spacial score (nSPS) is 12.3. The molecule has 0 saturated heterocycles. The van der Waals surface area contributed by atoms with E-state index in [2.05, 4.69) is 16.9 Å². The predicted molar refractivity (Wildman–Crippen MR) is 108 cm³/mol. The first kappa shape index (κ1) is 19.9. The number of hydrogen-bond donors (Lipinski definition) is 0. The van der Waals surface area contributed by atoms with Gasteiger partial charge in [-0.05, 0) is 31.9 Å². The lowest BCUT2D eigenvalue weighted by Gasteiger charge is -2.14. The molecule has 0 amide bonds. The maximum Gasteiger partial charge on any atom is 0.298 e. The van der Waals surface area contributed by atoms with Crippen LogP contribution in [0.1, 0.15) is 31.2 Å². The van der Waals surface area contributed by atoms with Gasteiger partial charge in [0.15, 0.2) is 5.65 Å². The number of carbonyl (C=O) groups is 1. The molecule has 3 aromatic rings. The van der Waals surface area contributed by atoms with Gasteiger partial charge in [-0.15, -0.1) is 0 Å². The van der Waals surface area contributed by atoms with Crippen molar-refractivity contribution in [2.75, 3.05) is 14.2 Å². The van der Waals surface area contributed by atoms with E-state index < -0.39 is 0 Å². The molecule has 1 atom stereocenters. The maximum absolute atomic E-state index is 10.8. The molecule has 28 heavy (non-hydrogen) atoms. The lowest BCUT2D eigenvalue weighted by Crippen LogP contribution is -2.13. The molecule has 0 radical (unpaired) electrons. The molecule has 3 rings (SSSR count). The number of aryl methyl sites for hydroxylation is 2. The molecule has 0 aliphatic rings. The van der Waals surface area contributed by atoms with E-state index >= 15 is 0 Å². The minimum Gasteiger partial charge on any atom is -0.468 e. The maximum atomic E-state index is 10.8. The molecule has 3 aromatic heterocycles. The zero-order chi connectivity index (χ0) is 20.1. The van der Waals surface area contributed by atoms with Crippen molar-refractivity contribution in [1.29, 1.82) is 0 Å². The molecular formula is C21H26N4O3. The van der Waals surface area contributed by atoms with E-state index in [1.807, 2.05) is 29.7 Å². The summed E-state index contributed by atoms with van der Waals surface area (Å²) in [5, 5.41) is 0. The second-order valence-electron chi connectivity index (χ2n) is 6.64. The van der Waals surface area contributed by atoms with Crippen LogP contribution in [-0.2, 0) is 22.5 Å². The van der Waals surface area contributed by atoms with E-state index in [1.165, 1.54) is 0 Å². The van der Waals surface area contributed by atoms with Crippen molar-refractivity contribution in [1.82, 2.24) is 19.5 Å². The molecule has 7 nitrogen and oxygen atoms in total. The Morgan fingerprint density at radius 1 is 1.18 bits per heavy atom. The zero-order valence-corrected chi connectivity index (χ0v) is 16.8. The van der Waals surface area contributed by atoms with E-state index in [1.54, 1.807) is 20.4 Å². The number of rotatable bonds is 9. The number of nitrogens with zero attached hydrogens (tertiary/aromatic N) is 4. The summed E-state index contributed by atoms with van der Waals surface area (Å²) < 4.78 is 13.0. The fraction of sp³-hybridized carbons (Fsp3) is 0.429. The van der Waals surface area contributed by atoms with Crippen LogP contribution < -0.4 is 4.74 Å². The van der Waals surface area contributed by atoms with Crippen molar-refractivity contribution in [3.63, 3.8) is 0 Å². The van der Waals surface area contributed by atoms with Crippen LogP contribution in [0.2, 0.25) is 0 Å². The van der Waals surface area contributed by atoms with Gasteiger partial charge in [0.05, 0.1) is 13.2 Å². The Labute approximate surface area is 164 Å². The molecule has 1 unspecified atom stereocenters. The van der Waals surface area contributed by atoms with Crippen LogP contribution in [0.5, 0.6) is 6.01 Å². The van der Waals surface area contributed by atoms with E-state index in [9.17, 15) is 4.79 Å². The van der Waals surface area contributed by atoms with Gasteiger partial charge in [-0.25, -0.2) is 4.98 Å². The summed E-state index contributed by atoms with van der Waals surface area (Å²) in [5.74, 6) is 0. The largest absolute Gasteiger partial charge is 0.468 e. The van der Waals surface area contributed by atoms with Crippen LogP contribution in [-0.4, -0.2) is 46.1 Å². The van der Waals surface area contributed by atoms with Crippen LogP contribution >= 0.6 is 0 Å². The number of pyridine rings is 2. The molecule has 0 N–H and O–H groups in total. The van der Waals surface area contributed by atoms with Crippen molar-refractivity contribution in [2.24, 2.45) is 0 Å². The lowest BCUT2D eigenvalue weighted by atomic mass is 10.0. The third kappa shape index (κ3) is 3.89. The summed E-state index contributed by atoms with van der Waals surface area (Å²) >= 11 is 0. The summed E-state index contributed by atoms with van der Waals surface area (Å²) in [6.07, 6.45) is 4.93. The summed E-state index contributed by atoms with van der Waals surface area (Å²) in [4.78, 5) is 24.5. The number of fused-ring (bicyclic) bond motifs is 1. The predicted octanol–water partition coefficient (Wildman–Crippen LogP) is 3.37. The standard InChI is InChI=1S/C21H26N4O3/c1-5-16(27-3)9-12-25-20-19(24-21(25)28-4)18(8-11-22-20)17-7-6-15(10-13-26)23-14(17)2/h6-8,11,13,16H,5,9-10,12H2,1-4H3. The van der Waals surface area contributed by atoms with Crippen LogP contribution in [0.4, 0.5) is 0 Å². The molecule has 3 heterocycles. The average molecular weight is 382 g/mol. The number of ether oxygens (including phenoxy) is 2. The Morgan fingerprint density at radius 2 is 2.00 bits per heavy atom. The molecule has 0 aliphatic heterocycles. The first-order valence-corrected chi connectivity index (χ1v) is 9.45. The Morgan fingerprint density at radius 3 is 2.64 bits per heavy atom. The van der Waals surface area contributed by atoms with Crippen molar-refractivity contribution in [2.45, 2.75) is 45.8 Å². The van der Waals surface area contributed by atoms with Gasteiger partial charge in [0.1, 0.15) is 11.8 Å². The van der Waals surface area contributed by atoms with Crippen molar-refractivity contribution in [3.05, 3.63) is 35.8 Å². The number of aromatic nitrogens is 4. The Hall–Kier alpha value is -2.80. The lowest BCUT2D eigenvalue weighted by molar-refractivity contribution is -0.107. The second-order valence-corrected chi connectivity index (χ2v) is 6.64. The van der Waals surface area contributed by atoms with Gasteiger partial charge in [0.2, 0.25) is 0 Å². The third-order valence-corrected chi connectivity index (χ3v) is 4.97. The van der Waals surface area contributed by atoms with Crippen molar-refractivity contribution < 1.29 is 14.3 Å². The molecule has 148 valence electrons. The minimum absolute atomic E-state index is 0.183. The van der Waals surface area contributed by atoms with Gasteiger partial charge >= 0.3 is 0 Å². The number of imidazole rings is 1.